The van der Waals surface area contributed by atoms with E-state index in [1.54, 1.807) is 10.9 Å². The second kappa shape index (κ2) is 7.83. The van der Waals surface area contributed by atoms with Crippen molar-refractivity contribution in [1.29, 1.82) is 0 Å². The molecule has 3 heterocycles. The molecular weight excluding hydrogens is 400 g/mol. The lowest BCUT2D eigenvalue weighted by molar-refractivity contribution is -0.368. The van der Waals surface area contributed by atoms with Crippen LogP contribution < -0.4 is 0 Å². The molecule has 2 aliphatic rings. The number of aliphatic hydroxyl groups excluding tert-OH is 4. The van der Waals surface area contributed by atoms with Gasteiger partial charge in [0.1, 0.15) is 24.4 Å². The Labute approximate surface area is 178 Å². The first-order valence-corrected chi connectivity index (χ1v) is 10.2. The summed E-state index contributed by atoms with van der Waals surface area (Å²) in [5.41, 5.74) is 4.48. The SMILES string of the molecule is OC[C@H]1OC2(OCc3ccc(Cc4ccc(-n5cccn5)cc4)cc32)[C@H](O)[C@@H](O)[C@@H]1O. The van der Waals surface area contributed by atoms with Crippen molar-refractivity contribution in [2.24, 2.45) is 0 Å². The van der Waals surface area contributed by atoms with Gasteiger partial charge in [0.2, 0.25) is 5.79 Å². The number of rotatable bonds is 4. The number of fused-ring (bicyclic) bond motifs is 2. The van der Waals surface area contributed by atoms with Crippen LogP contribution in [0.3, 0.4) is 0 Å². The molecule has 0 amide bonds. The van der Waals surface area contributed by atoms with E-state index in [-0.39, 0.29) is 6.61 Å². The van der Waals surface area contributed by atoms with Crippen molar-refractivity contribution in [2.75, 3.05) is 6.61 Å². The van der Waals surface area contributed by atoms with Crippen LogP contribution in [-0.2, 0) is 28.3 Å². The minimum absolute atomic E-state index is 0.201. The summed E-state index contributed by atoms with van der Waals surface area (Å²) in [6, 6.07) is 15.7. The highest BCUT2D eigenvalue weighted by atomic mass is 16.7. The topological polar surface area (TPSA) is 117 Å². The zero-order valence-corrected chi connectivity index (χ0v) is 16.7. The summed E-state index contributed by atoms with van der Waals surface area (Å²) in [5.74, 6) is -1.62. The van der Waals surface area contributed by atoms with Crippen LogP contribution in [-0.4, -0.2) is 61.2 Å². The van der Waals surface area contributed by atoms with Crippen LogP contribution in [0, 0.1) is 0 Å². The van der Waals surface area contributed by atoms with E-state index in [1.165, 1.54) is 0 Å². The summed E-state index contributed by atoms with van der Waals surface area (Å²) in [5, 5.41) is 44.9. The fraction of sp³-hybridized carbons (Fsp3) is 0.348. The first-order chi connectivity index (χ1) is 15.0. The number of nitrogens with zero attached hydrogens (tertiary/aromatic N) is 2. The molecule has 0 radical (unpaired) electrons. The Hall–Kier alpha value is -2.59. The first kappa shape index (κ1) is 20.3. The lowest BCUT2D eigenvalue weighted by Crippen LogP contribution is -2.63. The third kappa shape index (κ3) is 3.38. The van der Waals surface area contributed by atoms with E-state index < -0.39 is 36.8 Å². The van der Waals surface area contributed by atoms with Gasteiger partial charge in [-0.1, -0.05) is 24.3 Å². The van der Waals surface area contributed by atoms with E-state index >= 15 is 0 Å². The van der Waals surface area contributed by atoms with E-state index in [4.69, 9.17) is 9.47 Å². The Morgan fingerprint density at radius 3 is 2.52 bits per heavy atom. The smallest absolute Gasteiger partial charge is 0.225 e. The second-order valence-electron chi connectivity index (χ2n) is 8.01. The number of ether oxygens (including phenoxy) is 2. The van der Waals surface area contributed by atoms with E-state index in [2.05, 4.69) is 5.10 Å². The number of benzene rings is 2. The van der Waals surface area contributed by atoms with Gasteiger partial charge in [-0.15, -0.1) is 0 Å². The molecule has 1 fully saturated rings. The Bertz CT molecular complexity index is 1050. The van der Waals surface area contributed by atoms with Crippen molar-refractivity contribution in [3.05, 3.63) is 83.2 Å². The quantitative estimate of drug-likeness (QED) is 0.485. The molecule has 2 aromatic carbocycles. The van der Waals surface area contributed by atoms with Crippen molar-refractivity contribution in [2.45, 2.75) is 43.2 Å². The summed E-state index contributed by atoms with van der Waals surface area (Å²) >= 11 is 0. The Morgan fingerprint density at radius 2 is 1.81 bits per heavy atom. The molecule has 5 rings (SSSR count). The first-order valence-electron chi connectivity index (χ1n) is 10.2. The third-order valence-corrected chi connectivity index (χ3v) is 6.06. The van der Waals surface area contributed by atoms with Crippen molar-refractivity contribution < 1.29 is 29.9 Å². The molecule has 1 aromatic heterocycles. The Morgan fingerprint density at radius 1 is 1.03 bits per heavy atom. The van der Waals surface area contributed by atoms with Gasteiger partial charge < -0.3 is 29.9 Å². The monoisotopic (exact) mass is 424 g/mol. The van der Waals surface area contributed by atoms with Crippen LogP contribution in [0.5, 0.6) is 0 Å². The molecule has 162 valence electrons. The molecule has 8 nitrogen and oxygen atoms in total. The molecule has 4 N–H and O–H groups in total. The predicted molar refractivity (Wildman–Crippen MR) is 109 cm³/mol. The minimum atomic E-state index is -1.62. The van der Waals surface area contributed by atoms with Gasteiger partial charge in [0.25, 0.3) is 0 Å². The standard InChI is InChI=1S/C23H24N2O6/c26-12-19-20(27)21(28)22(29)23(31-19)18-11-15(2-5-16(18)13-30-23)10-14-3-6-17(7-4-14)25-9-1-8-24-25/h1-9,11,19-22,26-29H,10,12-13H2/t19-,20-,21+,22-,23?/m1/s1. The van der Waals surface area contributed by atoms with Gasteiger partial charge in [0.05, 0.1) is 18.9 Å². The molecule has 8 heteroatoms. The third-order valence-electron chi connectivity index (χ3n) is 6.06. The average molecular weight is 424 g/mol. The average Bonchev–Trinajstić information content (AvgIpc) is 3.45. The molecule has 5 atom stereocenters. The number of aliphatic hydroxyl groups is 4. The van der Waals surface area contributed by atoms with Gasteiger partial charge >= 0.3 is 0 Å². The molecule has 2 aliphatic heterocycles. The van der Waals surface area contributed by atoms with Gasteiger partial charge in [0, 0.05) is 18.0 Å². The van der Waals surface area contributed by atoms with Gasteiger partial charge in [-0.3, -0.25) is 0 Å². The summed E-state index contributed by atoms with van der Waals surface area (Å²) in [4.78, 5) is 0. The molecule has 1 saturated heterocycles. The summed E-state index contributed by atoms with van der Waals surface area (Å²) in [7, 11) is 0. The summed E-state index contributed by atoms with van der Waals surface area (Å²) in [6.07, 6.45) is -1.21. The van der Waals surface area contributed by atoms with E-state index in [0.717, 1.165) is 22.4 Å². The molecule has 0 aliphatic carbocycles. The zero-order valence-electron chi connectivity index (χ0n) is 16.7. The van der Waals surface area contributed by atoms with Crippen LogP contribution >= 0.6 is 0 Å². The maximum Gasteiger partial charge on any atom is 0.225 e. The van der Waals surface area contributed by atoms with E-state index in [9.17, 15) is 20.4 Å². The Kier molecular flexibility index (Phi) is 5.13. The van der Waals surface area contributed by atoms with Gasteiger partial charge in [0.15, 0.2) is 0 Å². The fourth-order valence-corrected chi connectivity index (χ4v) is 4.35. The Balaban J connectivity index is 1.43. The predicted octanol–water partition coefficient (Wildman–Crippen LogP) is 0.620. The van der Waals surface area contributed by atoms with Crippen molar-refractivity contribution in [3.8, 4) is 5.69 Å². The second-order valence-corrected chi connectivity index (χ2v) is 8.01. The van der Waals surface area contributed by atoms with Crippen LogP contribution in [0.2, 0.25) is 0 Å². The highest BCUT2D eigenvalue weighted by molar-refractivity contribution is 5.42. The maximum absolute atomic E-state index is 10.7. The maximum atomic E-state index is 10.7. The van der Waals surface area contributed by atoms with Crippen LogP contribution in [0.4, 0.5) is 0 Å². The number of hydrogen-bond donors (Lipinski definition) is 4. The molecule has 1 unspecified atom stereocenters. The normalized spacial score (nSPS) is 29.9. The minimum Gasteiger partial charge on any atom is -0.394 e. The molecule has 0 bridgehead atoms. The van der Waals surface area contributed by atoms with Gasteiger partial charge in [-0.25, -0.2) is 4.68 Å². The molecule has 1 spiro atoms. The van der Waals surface area contributed by atoms with Crippen LogP contribution in [0.25, 0.3) is 5.69 Å². The fourth-order valence-electron chi connectivity index (χ4n) is 4.35. The van der Waals surface area contributed by atoms with E-state index in [0.29, 0.717) is 12.0 Å². The van der Waals surface area contributed by atoms with Gasteiger partial charge in [-0.05, 0) is 47.4 Å². The lowest BCUT2D eigenvalue weighted by Gasteiger charge is -2.46. The molecule has 31 heavy (non-hydrogen) atoms. The summed E-state index contributed by atoms with van der Waals surface area (Å²) < 4.78 is 13.4. The van der Waals surface area contributed by atoms with Crippen molar-refractivity contribution in [1.82, 2.24) is 9.78 Å². The lowest BCUT2D eigenvalue weighted by atomic mass is 9.86. The zero-order chi connectivity index (χ0) is 21.6. The van der Waals surface area contributed by atoms with Crippen molar-refractivity contribution >= 4 is 0 Å². The van der Waals surface area contributed by atoms with Crippen LogP contribution in [0.1, 0.15) is 22.3 Å². The number of aromatic nitrogens is 2. The van der Waals surface area contributed by atoms with Crippen LogP contribution in [0.15, 0.2) is 60.9 Å². The van der Waals surface area contributed by atoms with Crippen molar-refractivity contribution in [3.63, 3.8) is 0 Å². The molecular formula is C23H24N2O6. The highest BCUT2D eigenvalue weighted by Gasteiger charge is 2.58. The summed E-state index contributed by atoms with van der Waals surface area (Å²) in [6.45, 7) is -0.306. The molecule has 3 aromatic rings. The largest absolute Gasteiger partial charge is 0.394 e. The van der Waals surface area contributed by atoms with E-state index in [1.807, 2.05) is 54.7 Å². The van der Waals surface area contributed by atoms with Gasteiger partial charge in [-0.2, -0.15) is 5.10 Å². The highest BCUT2D eigenvalue weighted by Crippen LogP contribution is 2.46. The molecule has 0 saturated carbocycles. The number of hydrogen-bond acceptors (Lipinski definition) is 7.